The van der Waals surface area contributed by atoms with Crippen LogP contribution in [0.1, 0.15) is 30.4 Å². The number of hydrogen-bond acceptors (Lipinski definition) is 3. The summed E-state index contributed by atoms with van der Waals surface area (Å²) in [5.41, 5.74) is 2.70. The van der Waals surface area contributed by atoms with Crippen molar-refractivity contribution in [1.29, 1.82) is 0 Å². The Morgan fingerprint density at radius 3 is 3.11 bits per heavy atom. The van der Waals surface area contributed by atoms with Crippen LogP contribution in [0.2, 0.25) is 0 Å². The second kappa shape index (κ2) is 4.85. The molecular formula is C15H17NO2S. The van der Waals surface area contributed by atoms with Crippen LogP contribution in [0.15, 0.2) is 17.5 Å². The summed E-state index contributed by atoms with van der Waals surface area (Å²) >= 11 is 1.78. The smallest absolute Gasteiger partial charge is 0.216 e. The summed E-state index contributed by atoms with van der Waals surface area (Å²) in [5, 5.41) is 6.53. The molecule has 1 aliphatic carbocycles. The number of carbonyl (C=O) groups is 1. The summed E-state index contributed by atoms with van der Waals surface area (Å²) in [5.74, 6) is 1.46. The Bertz CT molecular complexity index is 632. The van der Waals surface area contributed by atoms with Crippen molar-refractivity contribution in [2.75, 3.05) is 13.7 Å². The van der Waals surface area contributed by atoms with Gasteiger partial charge >= 0.3 is 0 Å². The second-order valence-corrected chi connectivity index (χ2v) is 5.89. The number of methoxy groups -OCH3 is 1. The third kappa shape index (κ3) is 2.10. The first-order chi connectivity index (χ1) is 9.20. The van der Waals surface area contributed by atoms with Gasteiger partial charge in [-0.05, 0) is 35.9 Å². The number of benzene rings is 1. The van der Waals surface area contributed by atoms with Gasteiger partial charge < -0.3 is 10.1 Å². The molecular weight excluding hydrogens is 258 g/mol. The lowest BCUT2D eigenvalue weighted by Gasteiger charge is -2.24. The van der Waals surface area contributed by atoms with E-state index in [4.69, 9.17) is 4.74 Å². The minimum absolute atomic E-state index is 0.0444. The van der Waals surface area contributed by atoms with E-state index in [0.717, 1.165) is 25.1 Å². The number of ether oxygens (including phenoxy) is 1. The Morgan fingerprint density at radius 2 is 2.37 bits per heavy atom. The molecule has 0 saturated heterocycles. The molecule has 0 fully saturated rings. The molecule has 1 aromatic carbocycles. The molecule has 4 heteroatoms. The van der Waals surface area contributed by atoms with Crippen molar-refractivity contribution in [2.24, 2.45) is 0 Å². The summed E-state index contributed by atoms with van der Waals surface area (Å²) in [6.45, 7) is 2.31. The van der Waals surface area contributed by atoms with Crippen molar-refractivity contribution in [3.8, 4) is 5.75 Å². The van der Waals surface area contributed by atoms with Crippen molar-refractivity contribution in [2.45, 2.75) is 25.7 Å². The number of nitrogens with one attached hydrogen (secondary N) is 1. The van der Waals surface area contributed by atoms with Crippen LogP contribution in [0, 0.1) is 0 Å². The highest BCUT2D eigenvalue weighted by Gasteiger charge is 2.25. The number of aryl methyl sites for hydroxylation is 1. The number of hydrogen-bond donors (Lipinski definition) is 1. The van der Waals surface area contributed by atoms with E-state index in [1.54, 1.807) is 25.4 Å². The standard InChI is InChI=1S/C15H17NO2S/c1-9(17)16-7-10-3-4-11-13(18-2)5-6-14-15(11)12(10)8-19-14/h5-6,8,10H,3-4,7H2,1-2H3,(H,16,17). The molecule has 1 aliphatic rings. The molecule has 3 nitrogen and oxygen atoms in total. The van der Waals surface area contributed by atoms with Crippen LogP contribution in [0.4, 0.5) is 0 Å². The molecule has 1 aromatic heterocycles. The average molecular weight is 275 g/mol. The Balaban J connectivity index is 2.03. The quantitative estimate of drug-likeness (QED) is 0.935. The van der Waals surface area contributed by atoms with Gasteiger partial charge in [0.2, 0.25) is 5.91 Å². The summed E-state index contributed by atoms with van der Waals surface area (Å²) in [7, 11) is 1.73. The van der Waals surface area contributed by atoms with Gasteiger partial charge in [0.1, 0.15) is 5.75 Å². The van der Waals surface area contributed by atoms with Crippen LogP contribution >= 0.6 is 11.3 Å². The van der Waals surface area contributed by atoms with E-state index in [1.807, 2.05) is 0 Å². The molecule has 1 atom stereocenters. The Morgan fingerprint density at radius 1 is 1.53 bits per heavy atom. The van der Waals surface area contributed by atoms with E-state index in [2.05, 4.69) is 22.8 Å². The first-order valence-corrected chi connectivity index (χ1v) is 7.40. The topological polar surface area (TPSA) is 38.3 Å². The molecule has 0 bridgehead atoms. The van der Waals surface area contributed by atoms with Gasteiger partial charge in [-0.3, -0.25) is 4.79 Å². The van der Waals surface area contributed by atoms with Crippen LogP contribution in [0.25, 0.3) is 10.1 Å². The number of amides is 1. The van der Waals surface area contributed by atoms with Gasteiger partial charge in [-0.15, -0.1) is 11.3 Å². The highest BCUT2D eigenvalue weighted by Crippen LogP contribution is 2.43. The lowest BCUT2D eigenvalue weighted by atomic mass is 9.84. The average Bonchev–Trinajstić information content (AvgIpc) is 2.84. The van der Waals surface area contributed by atoms with Gasteiger partial charge in [0.05, 0.1) is 7.11 Å². The van der Waals surface area contributed by atoms with E-state index in [-0.39, 0.29) is 5.91 Å². The molecule has 2 aromatic rings. The Hall–Kier alpha value is -1.55. The van der Waals surface area contributed by atoms with Crippen molar-refractivity contribution in [3.63, 3.8) is 0 Å². The molecule has 1 N–H and O–H groups in total. The SMILES string of the molecule is COc1ccc2scc3c2c1CCC3CNC(C)=O. The van der Waals surface area contributed by atoms with Crippen LogP contribution in [-0.2, 0) is 11.2 Å². The zero-order valence-corrected chi connectivity index (χ0v) is 12.0. The lowest BCUT2D eigenvalue weighted by molar-refractivity contribution is -0.119. The maximum atomic E-state index is 11.1. The van der Waals surface area contributed by atoms with E-state index in [9.17, 15) is 4.79 Å². The van der Waals surface area contributed by atoms with Crippen LogP contribution in [-0.4, -0.2) is 19.6 Å². The summed E-state index contributed by atoms with van der Waals surface area (Å²) in [4.78, 5) is 11.1. The van der Waals surface area contributed by atoms with Gasteiger partial charge in [0, 0.05) is 35.0 Å². The zero-order valence-electron chi connectivity index (χ0n) is 11.2. The molecule has 0 radical (unpaired) electrons. The maximum absolute atomic E-state index is 11.1. The molecule has 0 aliphatic heterocycles. The van der Waals surface area contributed by atoms with Crippen molar-refractivity contribution in [3.05, 3.63) is 28.6 Å². The van der Waals surface area contributed by atoms with Gasteiger partial charge in [-0.2, -0.15) is 0 Å². The Kier molecular flexibility index (Phi) is 3.19. The minimum Gasteiger partial charge on any atom is -0.496 e. The van der Waals surface area contributed by atoms with Crippen molar-refractivity contribution < 1.29 is 9.53 Å². The minimum atomic E-state index is 0.0444. The number of rotatable bonds is 3. The molecule has 100 valence electrons. The molecule has 0 saturated carbocycles. The maximum Gasteiger partial charge on any atom is 0.216 e. The predicted octanol–water partition coefficient (Wildman–Crippen LogP) is 3.08. The van der Waals surface area contributed by atoms with Crippen LogP contribution in [0.3, 0.4) is 0 Å². The molecule has 0 spiro atoms. The van der Waals surface area contributed by atoms with Crippen LogP contribution < -0.4 is 10.1 Å². The summed E-state index contributed by atoms with van der Waals surface area (Å²) in [6, 6.07) is 4.19. The fraction of sp³-hybridized carbons (Fsp3) is 0.400. The van der Waals surface area contributed by atoms with E-state index < -0.39 is 0 Å². The van der Waals surface area contributed by atoms with E-state index in [0.29, 0.717) is 5.92 Å². The molecule has 1 unspecified atom stereocenters. The number of thiophene rings is 1. The molecule has 3 rings (SSSR count). The van der Waals surface area contributed by atoms with Crippen molar-refractivity contribution >= 4 is 27.3 Å². The molecule has 1 amide bonds. The van der Waals surface area contributed by atoms with Crippen LogP contribution in [0.5, 0.6) is 5.75 Å². The first kappa shape index (κ1) is 12.5. The van der Waals surface area contributed by atoms with Crippen molar-refractivity contribution in [1.82, 2.24) is 5.32 Å². The van der Waals surface area contributed by atoms with Gasteiger partial charge in [0.25, 0.3) is 0 Å². The van der Waals surface area contributed by atoms with E-state index >= 15 is 0 Å². The fourth-order valence-electron chi connectivity index (χ4n) is 2.90. The van der Waals surface area contributed by atoms with Gasteiger partial charge in [-0.1, -0.05) is 0 Å². The predicted molar refractivity (Wildman–Crippen MR) is 78.1 cm³/mol. The highest BCUT2D eigenvalue weighted by atomic mass is 32.1. The van der Waals surface area contributed by atoms with Gasteiger partial charge in [-0.25, -0.2) is 0 Å². The van der Waals surface area contributed by atoms with Gasteiger partial charge in [0.15, 0.2) is 0 Å². The number of carbonyl (C=O) groups excluding carboxylic acids is 1. The summed E-state index contributed by atoms with van der Waals surface area (Å²) < 4.78 is 6.79. The third-order valence-corrected chi connectivity index (χ3v) is 4.80. The largest absolute Gasteiger partial charge is 0.496 e. The highest BCUT2D eigenvalue weighted by molar-refractivity contribution is 7.17. The molecule has 19 heavy (non-hydrogen) atoms. The zero-order chi connectivity index (χ0) is 13.4. The monoisotopic (exact) mass is 275 g/mol. The summed E-state index contributed by atoms with van der Waals surface area (Å²) in [6.07, 6.45) is 2.09. The Labute approximate surface area is 116 Å². The molecule has 1 heterocycles. The lowest BCUT2D eigenvalue weighted by Crippen LogP contribution is -2.27. The first-order valence-electron chi connectivity index (χ1n) is 6.52. The third-order valence-electron chi connectivity index (χ3n) is 3.83. The normalized spacial score (nSPS) is 17.5. The van der Waals surface area contributed by atoms with E-state index in [1.165, 1.54) is 21.2 Å². The fourth-order valence-corrected chi connectivity index (χ4v) is 3.97. The second-order valence-electron chi connectivity index (χ2n) is 4.98.